The zero-order valence-corrected chi connectivity index (χ0v) is 9.42. The number of nitrogens with one attached hydrogen (secondary N) is 1. The highest BCUT2D eigenvalue weighted by Gasteiger charge is 2.10. The maximum absolute atomic E-state index is 10.8. The van der Waals surface area contributed by atoms with E-state index in [9.17, 15) is 4.79 Å². The van der Waals surface area contributed by atoms with Crippen molar-refractivity contribution in [3.63, 3.8) is 0 Å². The molecule has 0 aliphatic carbocycles. The number of amides is 1. The van der Waals surface area contributed by atoms with Crippen molar-refractivity contribution in [2.24, 2.45) is 0 Å². The molecule has 4 nitrogen and oxygen atoms in total. The highest BCUT2D eigenvalue weighted by atomic mass is 35.5. The number of alkyl halides is 2. The molecule has 0 unspecified atom stereocenters. The van der Waals surface area contributed by atoms with Gasteiger partial charge in [0.15, 0.2) is 4.84 Å². The van der Waals surface area contributed by atoms with Crippen LogP contribution < -0.4 is 5.48 Å². The number of carbonyl (C=O) groups is 1. The van der Waals surface area contributed by atoms with Crippen molar-refractivity contribution in [1.82, 2.24) is 5.48 Å². The van der Waals surface area contributed by atoms with Crippen molar-refractivity contribution < 1.29 is 14.0 Å². The molecule has 0 fully saturated rings. The van der Waals surface area contributed by atoms with Gasteiger partial charge >= 0.3 is 0 Å². The van der Waals surface area contributed by atoms with E-state index in [4.69, 9.17) is 32.5 Å². The molecule has 0 spiro atoms. The zero-order chi connectivity index (χ0) is 11.1. The Morgan fingerprint density at radius 2 is 2.40 bits per heavy atom. The van der Waals surface area contributed by atoms with Crippen LogP contribution in [0.25, 0.3) is 0 Å². The van der Waals surface area contributed by atoms with Gasteiger partial charge in [-0.2, -0.15) is 0 Å². The van der Waals surface area contributed by atoms with Gasteiger partial charge in [-0.1, -0.05) is 23.2 Å². The summed E-state index contributed by atoms with van der Waals surface area (Å²) >= 11 is 10.6. The molecule has 84 valence electrons. The number of carbonyl (C=O) groups excluding carboxylic acids is 1. The van der Waals surface area contributed by atoms with E-state index >= 15 is 0 Å². The first kappa shape index (κ1) is 12.4. The number of hydrogen-bond acceptors (Lipinski definition) is 3. The first-order valence-electron chi connectivity index (χ1n) is 4.42. The van der Waals surface area contributed by atoms with Gasteiger partial charge in [-0.05, 0) is 18.6 Å². The van der Waals surface area contributed by atoms with E-state index in [0.29, 0.717) is 6.61 Å². The molecule has 0 atom stereocenters. The van der Waals surface area contributed by atoms with Gasteiger partial charge in [-0.3, -0.25) is 9.63 Å². The van der Waals surface area contributed by atoms with Gasteiger partial charge in [0.25, 0.3) is 5.91 Å². The molecular weight excluding hydrogens is 241 g/mol. The lowest BCUT2D eigenvalue weighted by molar-refractivity contribution is -0.131. The van der Waals surface area contributed by atoms with E-state index in [-0.39, 0.29) is 0 Å². The number of halogens is 2. The Morgan fingerprint density at radius 1 is 1.60 bits per heavy atom. The standard InChI is InChI=1S/C9H11Cl2NO3/c10-8(11)9(13)12-15-6-2-4-7-3-1-5-14-7/h1,3,5,8H,2,4,6H2,(H,12,13). The molecule has 1 aromatic rings. The summed E-state index contributed by atoms with van der Waals surface area (Å²) in [5.41, 5.74) is 2.13. The minimum absolute atomic E-state index is 0.382. The molecule has 1 amide bonds. The highest BCUT2D eigenvalue weighted by molar-refractivity contribution is 6.53. The van der Waals surface area contributed by atoms with Crippen molar-refractivity contribution in [2.75, 3.05) is 6.61 Å². The van der Waals surface area contributed by atoms with Crippen LogP contribution in [0.1, 0.15) is 12.2 Å². The minimum Gasteiger partial charge on any atom is -0.469 e. The summed E-state index contributed by atoms with van der Waals surface area (Å²) in [5, 5.41) is 0. The zero-order valence-electron chi connectivity index (χ0n) is 7.91. The third kappa shape index (κ3) is 5.06. The van der Waals surface area contributed by atoms with Crippen LogP contribution in [-0.4, -0.2) is 17.4 Å². The SMILES string of the molecule is O=C(NOCCCc1ccco1)C(Cl)Cl. The van der Waals surface area contributed by atoms with Crippen molar-refractivity contribution >= 4 is 29.1 Å². The molecule has 6 heteroatoms. The van der Waals surface area contributed by atoms with Crippen LogP contribution in [-0.2, 0) is 16.1 Å². The van der Waals surface area contributed by atoms with Crippen molar-refractivity contribution in [2.45, 2.75) is 17.7 Å². The van der Waals surface area contributed by atoms with Crippen molar-refractivity contribution in [3.8, 4) is 0 Å². The summed E-state index contributed by atoms with van der Waals surface area (Å²) in [6.07, 6.45) is 3.11. The molecule has 1 aromatic heterocycles. The lowest BCUT2D eigenvalue weighted by Crippen LogP contribution is -2.29. The van der Waals surface area contributed by atoms with Crippen molar-refractivity contribution in [1.29, 1.82) is 0 Å². The Labute approximate surface area is 97.4 Å². The summed E-state index contributed by atoms with van der Waals surface area (Å²) in [4.78, 5) is 14.6. The van der Waals surface area contributed by atoms with E-state index in [1.54, 1.807) is 6.26 Å². The molecule has 1 N–H and O–H groups in total. The number of rotatable bonds is 6. The number of aryl methyl sites for hydroxylation is 1. The van der Waals surface area contributed by atoms with E-state index in [2.05, 4.69) is 5.48 Å². The molecule has 0 radical (unpaired) electrons. The lowest BCUT2D eigenvalue weighted by atomic mass is 10.3. The fourth-order valence-corrected chi connectivity index (χ4v) is 1.03. The predicted molar refractivity (Wildman–Crippen MR) is 56.6 cm³/mol. The molecule has 0 aliphatic rings. The van der Waals surface area contributed by atoms with Gasteiger partial charge < -0.3 is 4.42 Å². The quantitative estimate of drug-likeness (QED) is 0.479. The summed E-state index contributed by atoms with van der Waals surface area (Å²) < 4.78 is 5.11. The van der Waals surface area contributed by atoms with Crippen LogP contribution in [0.2, 0.25) is 0 Å². The lowest BCUT2D eigenvalue weighted by Gasteiger charge is -2.04. The first-order valence-corrected chi connectivity index (χ1v) is 5.29. The van der Waals surface area contributed by atoms with Gasteiger partial charge in [0, 0.05) is 6.42 Å². The van der Waals surface area contributed by atoms with Crippen LogP contribution in [0.3, 0.4) is 0 Å². The molecule has 0 bridgehead atoms. The third-order valence-electron chi connectivity index (χ3n) is 1.62. The molecule has 1 rings (SSSR count). The first-order chi connectivity index (χ1) is 7.20. The second-order valence-corrected chi connectivity index (χ2v) is 3.89. The molecule has 0 saturated carbocycles. The Bertz CT molecular complexity index is 288. The summed E-state index contributed by atoms with van der Waals surface area (Å²) in [6, 6.07) is 3.70. The molecule has 0 saturated heterocycles. The number of furan rings is 1. The minimum atomic E-state index is -1.10. The predicted octanol–water partition coefficient (Wildman–Crippen LogP) is 2.06. The monoisotopic (exact) mass is 251 g/mol. The summed E-state index contributed by atoms with van der Waals surface area (Å²) in [5.74, 6) is 0.328. The normalized spacial score (nSPS) is 10.6. The molecule has 0 aromatic carbocycles. The largest absolute Gasteiger partial charge is 0.469 e. The van der Waals surface area contributed by atoms with Crippen LogP contribution in [0.5, 0.6) is 0 Å². The van der Waals surface area contributed by atoms with E-state index in [1.165, 1.54) is 0 Å². The Hall–Kier alpha value is -0.710. The Balaban J connectivity index is 2.00. The van der Waals surface area contributed by atoms with Gasteiger partial charge in [0.05, 0.1) is 12.9 Å². The Kier molecular flexibility index (Phi) is 5.53. The van der Waals surface area contributed by atoms with E-state index in [1.807, 2.05) is 12.1 Å². The van der Waals surface area contributed by atoms with Crippen LogP contribution in [0, 0.1) is 0 Å². The smallest absolute Gasteiger partial charge is 0.276 e. The highest BCUT2D eigenvalue weighted by Crippen LogP contribution is 2.03. The molecular formula is C9H11Cl2NO3. The summed E-state index contributed by atoms with van der Waals surface area (Å²) in [6.45, 7) is 0.382. The topological polar surface area (TPSA) is 51.5 Å². The number of hydrogen-bond donors (Lipinski definition) is 1. The Morgan fingerprint density at radius 3 is 3.00 bits per heavy atom. The van der Waals surface area contributed by atoms with E-state index in [0.717, 1.165) is 18.6 Å². The fourth-order valence-electron chi connectivity index (χ4n) is 0.940. The van der Waals surface area contributed by atoms with E-state index < -0.39 is 10.7 Å². The average molecular weight is 252 g/mol. The van der Waals surface area contributed by atoms with Crippen LogP contribution in [0.15, 0.2) is 22.8 Å². The average Bonchev–Trinajstić information content (AvgIpc) is 2.69. The third-order valence-corrected chi connectivity index (χ3v) is 2.02. The van der Waals surface area contributed by atoms with Gasteiger partial charge in [0.2, 0.25) is 0 Å². The van der Waals surface area contributed by atoms with Crippen molar-refractivity contribution in [3.05, 3.63) is 24.2 Å². The fraction of sp³-hybridized carbons (Fsp3) is 0.444. The summed E-state index contributed by atoms with van der Waals surface area (Å²) in [7, 11) is 0. The van der Waals surface area contributed by atoms with Crippen LogP contribution in [0.4, 0.5) is 0 Å². The maximum atomic E-state index is 10.8. The second-order valence-electron chi connectivity index (χ2n) is 2.80. The van der Waals surface area contributed by atoms with Crippen LogP contribution >= 0.6 is 23.2 Å². The second kappa shape index (κ2) is 6.71. The maximum Gasteiger partial charge on any atom is 0.276 e. The van der Waals surface area contributed by atoms with Gasteiger partial charge in [-0.15, -0.1) is 0 Å². The number of hydroxylamine groups is 1. The molecule has 1 heterocycles. The molecule has 15 heavy (non-hydrogen) atoms. The van der Waals surface area contributed by atoms with Gasteiger partial charge in [-0.25, -0.2) is 5.48 Å². The molecule has 0 aliphatic heterocycles. The van der Waals surface area contributed by atoms with Gasteiger partial charge in [0.1, 0.15) is 5.76 Å².